The van der Waals surface area contributed by atoms with Crippen LogP contribution in [-0.2, 0) is 0 Å². The average Bonchev–Trinajstić information content (AvgIpc) is 2.86. The third-order valence-corrected chi connectivity index (χ3v) is 4.13. The van der Waals surface area contributed by atoms with Crippen LogP contribution in [0.1, 0.15) is 5.82 Å². The molecule has 0 bridgehead atoms. The molecule has 1 aromatic carbocycles. The lowest BCUT2D eigenvalue weighted by Gasteiger charge is -2.35. The molecule has 1 aromatic heterocycles. The molecule has 2 heterocycles. The molecule has 1 N–H and O–H groups in total. The van der Waals surface area contributed by atoms with Crippen LogP contribution in [0.2, 0.25) is 0 Å². The summed E-state index contributed by atoms with van der Waals surface area (Å²) >= 11 is 1.46. The number of hydrogen-bond donors (Lipinski definition) is 1. The third-order valence-electron chi connectivity index (χ3n) is 3.26. The van der Waals surface area contributed by atoms with Gasteiger partial charge in [0.15, 0.2) is 0 Å². The summed E-state index contributed by atoms with van der Waals surface area (Å²) in [4.78, 5) is 8.97. The molecule has 0 spiro atoms. The number of aromatic hydroxyl groups is 1. The predicted molar refractivity (Wildman–Crippen MR) is 77.2 cm³/mol. The first-order valence-corrected chi connectivity index (χ1v) is 7.09. The van der Waals surface area contributed by atoms with Crippen molar-refractivity contribution in [2.45, 2.75) is 6.92 Å². The molecular weight excluding hydrogens is 260 g/mol. The fraction of sp³-hybridized carbons (Fsp3) is 0.385. The fourth-order valence-corrected chi connectivity index (χ4v) is 2.99. The summed E-state index contributed by atoms with van der Waals surface area (Å²) in [5.74, 6) is 1.16. The zero-order chi connectivity index (χ0) is 13.2. The van der Waals surface area contributed by atoms with Crippen LogP contribution in [0, 0.1) is 6.92 Å². The number of piperazine rings is 1. The molecule has 1 aliphatic heterocycles. The van der Waals surface area contributed by atoms with E-state index < -0.39 is 0 Å². The smallest absolute Gasteiger partial charge is 0.205 e. The van der Waals surface area contributed by atoms with Crippen LogP contribution in [0.5, 0.6) is 5.75 Å². The maximum atomic E-state index is 9.52. The van der Waals surface area contributed by atoms with Gasteiger partial charge in [-0.2, -0.15) is 4.37 Å². The van der Waals surface area contributed by atoms with Crippen molar-refractivity contribution in [3.8, 4) is 5.75 Å². The molecule has 19 heavy (non-hydrogen) atoms. The Morgan fingerprint density at radius 2 is 1.89 bits per heavy atom. The highest BCUT2D eigenvalue weighted by molar-refractivity contribution is 7.09. The summed E-state index contributed by atoms with van der Waals surface area (Å²) in [6, 6.07) is 7.42. The van der Waals surface area contributed by atoms with Crippen LogP contribution in [0.4, 0.5) is 10.8 Å². The average molecular weight is 276 g/mol. The largest absolute Gasteiger partial charge is 0.508 e. The molecule has 1 aliphatic rings. The molecule has 0 unspecified atom stereocenters. The Labute approximate surface area is 116 Å². The van der Waals surface area contributed by atoms with Crippen LogP contribution in [0.3, 0.4) is 0 Å². The summed E-state index contributed by atoms with van der Waals surface area (Å²) in [6.45, 7) is 5.65. The molecule has 2 aromatic rings. The van der Waals surface area contributed by atoms with Gasteiger partial charge in [0.2, 0.25) is 5.13 Å². The maximum absolute atomic E-state index is 9.52. The maximum Gasteiger partial charge on any atom is 0.205 e. The number of benzene rings is 1. The van der Waals surface area contributed by atoms with Gasteiger partial charge in [0, 0.05) is 49.5 Å². The van der Waals surface area contributed by atoms with Gasteiger partial charge in [0.1, 0.15) is 11.6 Å². The van der Waals surface area contributed by atoms with Gasteiger partial charge in [0.25, 0.3) is 0 Å². The van der Waals surface area contributed by atoms with Crippen molar-refractivity contribution in [2.24, 2.45) is 0 Å². The van der Waals surface area contributed by atoms with Crippen molar-refractivity contribution in [3.63, 3.8) is 0 Å². The van der Waals surface area contributed by atoms with Crippen LogP contribution in [0.25, 0.3) is 0 Å². The number of anilines is 2. The predicted octanol–water partition coefficient (Wildman–Crippen LogP) is 1.88. The van der Waals surface area contributed by atoms with E-state index >= 15 is 0 Å². The Morgan fingerprint density at radius 3 is 2.53 bits per heavy atom. The minimum absolute atomic E-state index is 0.319. The Bertz CT molecular complexity index is 563. The zero-order valence-electron chi connectivity index (χ0n) is 10.8. The molecule has 3 rings (SSSR count). The normalized spacial score (nSPS) is 15.8. The SMILES string of the molecule is Cc1nsc(N2CCN(c3cccc(O)c3)CC2)n1. The molecule has 1 fully saturated rings. The van der Waals surface area contributed by atoms with Gasteiger partial charge >= 0.3 is 0 Å². The van der Waals surface area contributed by atoms with Crippen molar-refractivity contribution < 1.29 is 5.11 Å². The Kier molecular flexibility index (Phi) is 3.25. The van der Waals surface area contributed by atoms with Crippen LogP contribution in [-0.4, -0.2) is 40.6 Å². The van der Waals surface area contributed by atoms with Crippen LogP contribution in [0.15, 0.2) is 24.3 Å². The first-order valence-electron chi connectivity index (χ1n) is 6.31. The van der Waals surface area contributed by atoms with Crippen molar-refractivity contribution in [3.05, 3.63) is 30.1 Å². The van der Waals surface area contributed by atoms with E-state index in [2.05, 4.69) is 19.2 Å². The van der Waals surface area contributed by atoms with E-state index in [-0.39, 0.29) is 0 Å². The van der Waals surface area contributed by atoms with Gasteiger partial charge in [0.05, 0.1) is 0 Å². The number of hydrogen-bond acceptors (Lipinski definition) is 6. The van der Waals surface area contributed by atoms with Gasteiger partial charge in [-0.25, -0.2) is 4.98 Å². The third kappa shape index (κ3) is 2.63. The lowest BCUT2D eigenvalue weighted by Crippen LogP contribution is -2.46. The highest BCUT2D eigenvalue weighted by Gasteiger charge is 2.19. The van der Waals surface area contributed by atoms with E-state index in [4.69, 9.17) is 0 Å². The van der Waals surface area contributed by atoms with Crippen molar-refractivity contribution in [2.75, 3.05) is 36.0 Å². The van der Waals surface area contributed by atoms with E-state index in [1.807, 2.05) is 25.1 Å². The second-order valence-corrected chi connectivity index (χ2v) is 5.35. The number of aromatic nitrogens is 2. The van der Waals surface area contributed by atoms with E-state index in [1.165, 1.54) is 11.5 Å². The highest BCUT2D eigenvalue weighted by Crippen LogP contribution is 2.24. The fourth-order valence-electron chi connectivity index (χ4n) is 2.26. The molecule has 0 saturated carbocycles. The zero-order valence-corrected chi connectivity index (χ0v) is 11.6. The van der Waals surface area contributed by atoms with E-state index in [9.17, 15) is 5.11 Å². The molecule has 0 amide bonds. The summed E-state index contributed by atoms with van der Waals surface area (Å²) in [7, 11) is 0. The van der Waals surface area contributed by atoms with E-state index in [0.29, 0.717) is 5.75 Å². The number of aryl methyl sites for hydroxylation is 1. The summed E-state index contributed by atoms with van der Waals surface area (Å²) in [5, 5.41) is 10.5. The van der Waals surface area contributed by atoms with Gasteiger partial charge < -0.3 is 14.9 Å². The molecule has 0 radical (unpaired) electrons. The number of phenolic OH excluding ortho intramolecular Hbond substituents is 1. The molecule has 0 aliphatic carbocycles. The molecule has 1 saturated heterocycles. The first-order chi connectivity index (χ1) is 9.22. The number of phenols is 1. The highest BCUT2D eigenvalue weighted by atomic mass is 32.1. The summed E-state index contributed by atoms with van der Waals surface area (Å²) < 4.78 is 4.22. The number of rotatable bonds is 2. The Balaban J connectivity index is 1.66. The van der Waals surface area contributed by atoms with E-state index in [0.717, 1.165) is 42.8 Å². The Hall–Kier alpha value is -1.82. The van der Waals surface area contributed by atoms with Gasteiger partial charge in [-0.3, -0.25) is 0 Å². The van der Waals surface area contributed by atoms with Gasteiger partial charge in [-0.1, -0.05) is 6.07 Å². The van der Waals surface area contributed by atoms with Crippen LogP contribution >= 0.6 is 11.5 Å². The quantitative estimate of drug-likeness (QED) is 0.907. The standard InChI is InChI=1S/C13H16N4OS/c1-10-14-13(19-15-10)17-7-5-16(6-8-17)11-3-2-4-12(18)9-11/h2-4,9,18H,5-8H2,1H3. The van der Waals surface area contributed by atoms with Gasteiger partial charge in [-0.05, 0) is 19.1 Å². The van der Waals surface area contributed by atoms with Crippen molar-refractivity contribution >= 4 is 22.4 Å². The molecular formula is C13H16N4OS. The lowest BCUT2D eigenvalue weighted by molar-refractivity contribution is 0.475. The molecule has 0 atom stereocenters. The monoisotopic (exact) mass is 276 g/mol. The van der Waals surface area contributed by atoms with Crippen molar-refractivity contribution in [1.82, 2.24) is 9.36 Å². The second-order valence-electron chi connectivity index (χ2n) is 4.62. The minimum atomic E-state index is 0.319. The van der Waals surface area contributed by atoms with E-state index in [1.54, 1.807) is 6.07 Å². The number of nitrogens with zero attached hydrogens (tertiary/aromatic N) is 4. The Morgan fingerprint density at radius 1 is 1.16 bits per heavy atom. The lowest BCUT2D eigenvalue weighted by atomic mass is 10.2. The summed E-state index contributed by atoms with van der Waals surface area (Å²) in [5.41, 5.74) is 1.08. The molecule has 100 valence electrons. The van der Waals surface area contributed by atoms with Gasteiger partial charge in [-0.15, -0.1) is 0 Å². The molecule has 5 nitrogen and oxygen atoms in total. The molecule has 6 heteroatoms. The second kappa shape index (κ2) is 5.05. The van der Waals surface area contributed by atoms with Crippen molar-refractivity contribution in [1.29, 1.82) is 0 Å². The first kappa shape index (κ1) is 12.2. The minimum Gasteiger partial charge on any atom is -0.508 e. The van der Waals surface area contributed by atoms with Crippen LogP contribution < -0.4 is 9.80 Å². The summed E-state index contributed by atoms with van der Waals surface area (Å²) in [6.07, 6.45) is 0. The topological polar surface area (TPSA) is 52.5 Å².